The summed E-state index contributed by atoms with van der Waals surface area (Å²) in [4.78, 5) is 29.0. The standard InChI is InChI=1S/C14H22N6O6/c1-7(13(21)22)5-15-11(19-25)9(3)17-18-10(4)12(20-26)16-6-8(2)14(23)24/h9-10,25-26H,1-2,5-6H2,3-4H3,(H,15,19)(H,16,20)(H,21,22)(H,23,24). The lowest BCUT2D eigenvalue weighted by Crippen LogP contribution is -2.32. The lowest BCUT2D eigenvalue weighted by Gasteiger charge is -2.11. The van der Waals surface area contributed by atoms with Gasteiger partial charge < -0.3 is 10.2 Å². The van der Waals surface area contributed by atoms with Gasteiger partial charge in [-0.25, -0.2) is 9.59 Å². The van der Waals surface area contributed by atoms with Crippen molar-refractivity contribution in [3.05, 3.63) is 24.3 Å². The van der Waals surface area contributed by atoms with Gasteiger partial charge in [0, 0.05) is 0 Å². The summed E-state index contributed by atoms with van der Waals surface area (Å²) in [5, 5.41) is 43.3. The highest BCUT2D eigenvalue weighted by Crippen LogP contribution is 2.02. The molecule has 0 radical (unpaired) electrons. The monoisotopic (exact) mass is 370 g/mol. The Balaban J connectivity index is 5.01. The summed E-state index contributed by atoms with van der Waals surface area (Å²) in [5.74, 6) is -2.52. The molecule has 0 fully saturated rings. The molecule has 0 aliphatic heterocycles. The van der Waals surface area contributed by atoms with Gasteiger partial charge >= 0.3 is 11.9 Å². The second kappa shape index (κ2) is 11.4. The minimum absolute atomic E-state index is 0.0435. The number of rotatable bonds is 10. The molecular weight excluding hydrogens is 348 g/mol. The van der Waals surface area contributed by atoms with E-state index in [4.69, 9.17) is 20.6 Å². The molecule has 144 valence electrons. The number of aliphatic carboxylic acids is 2. The van der Waals surface area contributed by atoms with E-state index >= 15 is 0 Å². The smallest absolute Gasteiger partial charge is 0.332 e. The number of nitrogens with zero attached hydrogens (tertiary/aromatic N) is 4. The van der Waals surface area contributed by atoms with E-state index < -0.39 is 24.0 Å². The second-order valence-electron chi connectivity index (χ2n) is 5.03. The van der Waals surface area contributed by atoms with Crippen LogP contribution in [0.25, 0.3) is 0 Å². The zero-order valence-corrected chi connectivity index (χ0v) is 14.4. The van der Waals surface area contributed by atoms with Crippen LogP contribution in [0.15, 0.2) is 44.5 Å². The number of carbonyl (C=O) groups is 2. The zero-order valence-electron chi connectivity index (χ0n) is 14.4. The molecule has 0 aliphatic rings. The summed E-state index contributed by atoms with van der Waals surface area (Å²) >= 11 is 0. The van der Waals surface area contributed by atoms with E-state index in [-0.39, 0.29) is 35.9 Å². The Hall–Kier alpha value is -3.12. The summed E-state index contributed by atoms with van der Waals surface area (Å²) < 4.78 is 0. The molecule has 0 rings (SSSR count). The van der Waals surface area contributed by atoms with E-state index in [1.54, 1.807) is 11.0 Å². The highest BCUT2D eigenvalue weighted by molar-refractivity contribution is 5.90. The normalized spacial score (nSPS) is 14.6. The van der Waals surface area contributed by atoms with Crippen LogP contribution in [0.5, 0.6) is 0 Å². The summed E-state index contributed by atoms with van der Waals surface area (Å²) in [6.45, 7) is 9.15. The van der Waals surface area contributed by atoms with Gasteiger partial charge in [0.2, 0.25) is 0 Å². The predicted molar refractivity (Wildman–Crippen MR) is 91.8 cm³/mol. The molecule has 2 unspecified atom stereocenters. The Morgan fingerprint density at radius 3 is 1.38 bits per heavy atom. The molecule has 0 aliphatic carbocycles. The Labute approximate surface area is 149 Å². The highest BCUT2D eigenvalue weighted by atomic mass is 16.5. The SMILES string of the molecule is C=C(CN=C(NO)C(C)N=NC(C)C(=NCC(=C)C(=O)O)NO)C(=O)O. The van der Waals surface area contributed by atoms with Crippen LogP contribution in [-0.2, 0) is 9.59 Å². The molecule has 12 heteroatoms. The number of azo groups is 1. The van der Waals surface area contributed by atoms with Crippen LogP contribution < -0.4 is 11.0 Å². The van der Waals surface area contributed by atoms with Crippen LogP contribution >= 0.6 is 0 Å². The molecular formula is C14H22N6O6. The Bertz CT molecular complexity index is 588. The molecule has 0 saturated carbocycles. The Morgan fingerprint density at radius 1 is 0.846 bits per heavy atom. The largest absolute Gasteiger partial charge is 0.478 e. The van der Waals surface area contributed by atoms with Gasteiger partial charge in [-0.15, -0.1) is 0 Å². The summed E-state index contributed by atoms with van der Waals surface area (Å²) in [6.07, 6.45) is 0. The van der Waals surface area contributed by atoms with Crippen molar-refractivity contribution in [2.75, 3.05) is 13.1 Å². The van der Waals surface area contributed by atoms with E-state index in [0.29, 0.717) is 0 Å². The molecule has 0 aromatic rings. The van der Waals surface area contributed by atoms with Crippen molar-refractivity contribution in [1.29, 1.82) is 0 Å². The third-order valence-corrected chi connectivity index (χ3v) is 2.92. The lowest BCUT2D eigenvalue weighted by molar-refractivity contribution is -0.133. The Morgan fingerprint density at radius 2 is 1.15 bits per heavy atom. The molecule has 0 spiro atoms. The van der Waals surface area contributed by atoms with Gasteiger partial charge in [-0.2, -0.15) is 10.2 Å². The topological polar surface area (TPSA) is 189 Å². The van der Waals surface area contributed by atoms with Crippen LogP contribution in [0, 0.1) is 0 Å². The van der Waals surface area contributed by atoms with Gasteiger partial charge in [0.25, 0.3) is 0 Å². The van der Waals surface area contributed by atoms with Crippen molar-refractivity contribution >= 4 is 23.6 Å². The first kappa shape index (κ1) is 22.9. The number of nitrogens with one attached hydrogen (secondary N) is 2. The van der Waals surface area contributed by atoms with Crippen LogP contribution in [-0.4, -0.2) is 69.4 Å². The zero-order chi connectivity index (χ0) is 20.3. The Kier molecular flexibility index (Phi) is 10.1. The van der Waals surface area contributed by atoms with Crippen LogP contribution in [0.2, 0.25) is 0 Å². The summed E-state index contributed by atoms with van der Waals surface area (Å²) in [5.41, 5.74) is 3.26. The van der Waals surface area contributed by atoms with Crippen LogP contribution in [0.3, 0.4) is 0 Å². The van der Waals surface area contributed by atoms with Gasteiger partial charge in [0.15, 0.2) is 0 Å². The van der Waals surface area contributed by atoms with Crippen molar-refractivity contribution in [2.45, 2.75) is 25.9 Å². The minimum atomic E-state index is -1.22. The average Bonchev–Trinajstić information content (AvgIpc) is 2.60. The van der Waals surface area contributed by atoms with E-state index in [9.17, 15) is 9.59 Å². The fraction of sp³-hybridized carbons (Fsp3) is 0.429. The maximum atomic E-state index is 10.7. The number of hydroxylamine groups is 2. The molecule has 2 atom stereocenters. The maximum absolute atomic E-state index is 10.7. The highest BCUT2D eigenvalue weighted by Gasteiger charge is 2.14. The fourth-order valence-corrected chi connectivity index (χ4v) is 1.33. The number of aliphatic imine (C=N–C) groups is 2. The fourth-order valence-electron chi connectivity index (χ4n) is 1.33. The van der Waals surface area contributed by atoms with Crippen molar-refractivity contribution in [2.24, 2.45) is 20.2 Å². The quantitative estimate of drug-likeness (QED) is 0.104. The third kappa shape index (κ3) is 8.12. The number of carboxylic acids is 2. The van der Waals surface area contributed by atoms with E-state index in [0.717, 1.165) is 0 Å². The van der Waals surface area contributed by atoms with Gasteiger partial charge in [0.05, 0.1) is 24.2 Å². The molecule has 26 heavy (non-hydrogen) atoms. The average molecular weight is 370 g/mol. The van der Waals surface area contributed by atoms with Gasteiger partial charge in [-0.1, -0.05) is 13.2 Å². The number of carboxylic acid groups (broad SMARTS) is 2. The predicted octanol–water partition coefficient (Wildman–Crippen LogP) is 0.252. The van der Waals surface area contributed by atoms with Crippen molar-refractivity contribution in [3.63, 3.8) is 0 Å². The van der Waals surface area contributed by atoms with Crippen molar-refractivity contribution in [3.8, 4) is 0 Å². The molecule has 12 nitrogen and oxygen atoms in total. The molecule has 0 aromatic heterocycles. The van der Waals surface area contributed by atoms with Crippen molar-refractivity contribution < 1.29 is 30.2 Å². The second-order valence-corrected chi connectivity index (χ2v) is 5.03. The van der Waals surface area contributed by atoms with Crippen LogP contribution in [0.4, 0.5) is 0 Å². The number of hydrogen-bond acceptors (Lipinski definition) is 8. The molecule has 0 amide bonds. The maximum Gasteiger partial charge on any atom is 0.332 e. The molecule has 0 saturated heterocycles. The van der Waals surface area contributed by atoms with E-state index in [1.807, 2.05) is 0 Å². The summed E-state index contributed by atoms with van der Waals surface area (Å²) in [6, 6.07) is -1.53. The first-order valence-electron chi connectivity index (χ1n) is 7.25. The minimum Gasteiger partial charge on any atom is -0.478 e. The van der Waals surface area contributed by atoms with E-state index in [2.05, 4.69) is 33.4 Å². The lowest BCUT2D eigenvalue weighted by atomic mass is 10.3. The molecule has 0 bridgehead atoms. The first-order chi connectivity index (χ1) is 12.1. The van der Waals surface area contributed by atoms with E-state index in [1.165, 1.54) is 13.8 Å². The molecule has 0 aromatic carbocycles. The number of amidine groups is 2. The molecule has 0 heterocycles. The van der Waals surface area contributed by atoms with Gasteiger partial charge in [0.1, 0.15) is 23.8 Å². The van der Waals surface area contributed by atoms with Crippen LogP contribution in [0.1, 0.15) is 13.8 Å². The van der Waals surface area contributed by atoms with Gasteiger partial charge in [-0.05, 0) is 13.8 Å². The number of hydrogen-bond donors (Lipinski definition) is 6. The summed E-state index contributed by atoms with van der Waals surface area (Å²) in [7, 11) is 0. The third-order valence-electron chi connectivity index (χ3n) is 2.92. The van der Waals surface area contributed by atoms with Crippen molar-refractivity contribution in [1.82, 2.24) is 11.0 Å². The first-order valence-corrected chi connectivity index (χ1v) is 7.25. The molecule has 6 N–H and O–H groups in total. The van der Waals surface area contributed by atoms with Gasteiger partial charge in [-0.3, -0.25) is 31.4 Å².